The normalized spacial score (nSPS) is 41.4. The lowest BCUT2D eigenvalue weighted by atomic mass is 10.0. The smallest absolute Gasteiger partial charge is 0.246 e. The van der Waals surface area contributed by atoms with Crippen LogP contribution >= 0.6 is 0 Å². The molecule has 4 atom stereocenters. The highest BCUT2D eigenvalue weighted by molar-refractivity contribution is 5.97. The third-order valence-corrected chi connectivity index (χ3v) is 4.48. The molecule has 0 aromatic rings. The summed E-state index contributed by atoms with van der Waals surface area (Å²) in [5.74, 6) is 1.22. The summed E-state index contributed by atoms with van der Waals surface area (Å²) in [6.07, 6.45) is 4.36. The van der Waals surface area contributed by atoms with Crippen molar-refractivity contribution < 1.29 is 9.59 Å². The minimum Gasteiger partial charge on any atom is -0.342 e. The Morgan fingerprint density at radius 3 is 2.59 bits per heavy atom. The van der Waals surface area contributed by atoms with Crippen LogP contribution in [0.3, 0.4) is 0 Å². The SMILES string of the molecule is CCC1CC1N1C(=O)C(C2CC2)NC(=O)C1C. The second kappa shape index (κ2) is 3.72. The molecule has 1 aliphatic heterocycles. The van der Waals surface area contributed by atoms with Crippen molar-refractivity contribution in [3.05, 3.63) is 0 Å². The summed E-state index contributed by atoms with van der Waals surface area (Å²) in [5.41, 5.74) is 0. The van der Waals surface area contributed by atoms with Gasteiger partial charge in [0.25, 0.3) is 0 Å². The van der Waals surface area contributed by atoms with Crippen LogP contribution in [0.25, 0.3) is 0 Å². The monoisotopic (exact) mass is 236 g/mol. The largest absolute Gasteiger partial charge is 0.342 e. The minimum atomic E-state index is -0.279. The molecule has 0 aromatic heterocycles. The molecule has 1 heterocycles. The van der Waals surface area contributed by atoms with E-state index in [4.69, 9.17) is 0 Å². The van der Waals surface area contributed by atoms with Crippen LogP contribution in [0.4, 0.5) is 0 Å². The molecule has 1 N–H and O–H groups in total. The Balaban J connectivity index is 1.78. The molecule has 1 saturated heterocycles. The van der Waals surface area contributed by atoms with Crippen molar-refractivity contribution in [3.8, 4) is 0 Å². The van der Waals surface area contributed by atoms with Crippen LogP contribution in [0.5, 0.6) is 0 Å². The molecule has 0 radical (unpaired) electrons. The van der Waals surface area contributed by atoms with Gasteiger partial charge in [-0.15, -0.1) is 0 Å². The molecule has 2 saturated carbocycles. The van der Waals surface area contributed by atoms with Gasteiger partial charge in [-0.1, -0.05) is 13.3 Å². The number of nitrogens with zero attached hydrogens (tertiary/aromatic N) is 1. The summed E-state index contributed by atoms with van der Waals surface area (Å²) in [7, 11) is 0. The van der Waals surface area contributed by atoms with Gasteiger partial charge < -0.3 is 10.2 Å². The molecule has 94 valence electrons. The molecule has 4 heteroatoms. The van der Waals surface area contributed by atoms with Gasteiger partial charge in [-0.3, -0.25) is 9.59 Å². The third kappa shape index (κ3) is 1.74. The quantitative estimate of drug-likeness (QED) is 0.792. The van der Waals surface area contributed by atoms with Gasteiger partial charge in [-0.2, -0.15) is 0 Å². The summed E-state index contributed by atoms with van der Waals surface area (Å²) in [5, 5.41) is 2.89. The Kier molecular flexibility index (Phi) is 2.42. The topological polar surface area (TPSA) is 49.4 Å². The first-order valence-electron chi connectivity index (χ1n) is 6.76. The van der Waals surface area contributed by atoms with E-state index in [1.165, 1.54) is 0 Å². The van der Waals surface area contributed by atoms with E-state index in [1.54, 1.807) is 0 Å². The summed E-state index contributed by atoms with van der Waals surface area (Å²) in [4.78, 5) is 26.2. The van der Waals surface area contributed by atoms with Crippen molar-refractivity contribution in [2.24, 2.45) is 11.8 Å². The van der Waals surface area contributed by atoms with E-state index in [2.05, 4.69) is 12.2 Å². The maximum Gasteiger partial charge on any atom is 0.246 e. The number of carbonyl (C=O) groups is 2. The second-order valence-electron chi connectivity index (χ2n) is 5.72. The second-order valence-corrected chi connectivity index (χ2v) is 5.72. The van der Waals surface area contributed by atoms with Gasteiger partial charge in [0.15, 0.2) is 0 Å². The summed E-state index contributed by atoms with van der Waals surface area (Å²) in [6.45, 7) is 4.00. The fourth-order valence-electron chi connectivity index (χ4n) is 3.02. The van der Waals surface area contributed by atoms with Crippen molar-refractivity contribution >= 4 is 11.8 Å². The molecule has 17 heavy (non-hydrogen) atoms. The number of hydrogen-bond donors (Lipinski definition) is 1. The van der Waals surface area contributed by atoms with Crippen LogP contribution in [0.1, 0.15) is 39.5 Å². The van der Waals surface area contributed by atoms with Gasteiger partial charge in [0.1, 0.15) is 12.1 Å². The maximum absolute atomic E-state index is 12.4. The van der Waals surface area contributed by atoms with Crippen LogP contribution < -0.4 is 5.32 Å². The first kappa shape index (κ1) is 11.1. The van der Waals surface area contributed by atoms with Crippen LogP contribution in [0.2, 0.25) is 0 Å². The summed E-state index contributed by atoms with van der Waals surface area (Å²) < 4.78 is 0. The molecule has 4 nitrogen and oxygen atoms in total. The lowest BCUT2D eigenvalue weighted by molar-refractivity contribution is -0.150. The highest BCUT2D eigenvalue weighted by atomic mass is 16.2. The summed E-state index contributed by atoms with van der Waals surface area (Å²) >= 11 is 0. The zero-order valence-electron chi connectivity index (χ0n) is 10.5. The third-order valence-electron chi connectivity index (χ3n) is 4.48. The van der Waals surface area contributed by atoms with Gasteiger partial charge in [0, 0.05) is 6.04 Å². The summed E-state index contributed by atoms with van der Waals surface area (Å²) in [6, 6.07) is -0.175. The molecule has 2 aliphatic carbocycles. The van der Waals surface area contributed by atoms with Crippen molar-refractivity contribution in [2.45, 2.75) is 57.7 Å². The van der Waals surface area contributed by atoms with E-state index in [-0.39, 0.29) is 23.9 Å². The fourth-order valence-corrected chi connectivity index (χ4v) is 3.02. The predicted octanol–water partition coefficient (Wildman–Crippen LogP) is 0.910. The maximum atomic E-state index is 12.4. The molecule has 0 aromatic carbocycles. The lowest BCUT2D eigenvalue weighted by Gasteiger charge is -2.38. The van der Waals surface area contributed by atoms with Crippen LogP contribution in [-0.2, 0) is 9.59 Å². The minimum absolute atomic E-state index is 0.0308. The Bertz CT molecular complexity index is 364. The molecule has 0 spiro atoms. The van der Waals surface area contributed by atoms with E-state index < -0.39 is 0 Å². The number of amides is 2. The number of nitrogens with one attached hydrogen (secondary N) is 1. The van der Waals surface area contributed by atoms with E-state index in [1.807, 2.05) is 11.8 Å². The molecular formula is C13H20N2O2. The molecular weight excluding hydrogens is 216 g/mol. The Hall–Kier alpha value is -1.06. The number of hydrogen-bond acceptors (Lipinski definition) is 2. The van der Waals surface area contributed by atoms with Crippen molar-refractivity contribution in [1.29, 1.82) is 0 Å². The average molecular weight is 236 g/mol. The van der Waals surface area contributed by atoms with Gasteiger partial charge in [-0.05, 0) is 38.0 Å². The number of piperazine rings is 1. The molecule has 3 fully saturated rings. The molecule has 0 bridgehead atoms. The van der Waals surface area contributed by atoms with Gasteiger partial charge in [0.2, 0.25) is 11.8 Å². The molecule has 3 rings (SSSR count). The first-order valence-corrected chi connectivity index (χ1v) is 6.76. The van der Waals surface area contributed by atoms with Crippen LogP contribution in [0.15, 0.2) is 0 Å². The van der Waals surface area contributed by atoms with Gasteiger partial charge >= 0.3 is 0 Å². The Morgan fingerprint density at radius 1 is 1.35 bits per heavy atom. The highest BCUT2D eigenvalue weighted by Gasteiger charge is 2.52. The number of rotatable bonds is 3. The van der Waals surface area contributed by atoms with Crippen molar-refractivity contribution in [3.63, 3.8) is 0 Å². The zero-order chi connectivity index (χ0) is 12.2. The predicted molar refractivity (Wildman–Crippen MR) is 63.1 cm³/mol. The lowest BCUT2D eigenvalue weighted by Crippen LogP contribution is -2.63. The fraction of sp³-hybridized carbons (Fsp3) is 0.846. The van der Waals surface area contributed by atoms with Crippen LogP contribution in [0, 0.1) is 11.8 Å². The van der Waals surface area contributed by atoms with E-state index in [0.717, 1.165) is 25.7 Å². The van der Waals surface area contributed by atoms with Gasteiger partial charge in [0.05, 0.1) is 0 Å². The van der Waals surface area contributed by atoms with E-state index in [9.17, 15) is 9.59 Å². The number of carbonyl (C=O) groups excluding carboxylic acids is 2. The Labute approximate surface area is 102 Å². The van der Waals surface area contributed by atoms with E-state index in [0.29, 0.717) is 17.9 Å². The molecule has 2 amide bonds. The Morgan fingerprint density at radius 2 is 2.06 bits per heavy atom. The van der Waals surface area contributed by atoms with E-state index >= 15 is 0 Å². The average Bonchev–Trinajstić information content (AvgIpc) is 3.15. The van der Waals surface area contributed by atoms with Gasteiger partial charge in [-0.25, -0.2) is 0 Å². The van der Waals surface area contributed by atoms with Crippen LogP contribution in [-0.4, -0.2) is 34.8 Å². The zero-order valence-corrected chi connectivity index (χ0v) is 10.5. The highest BCUT2D eigenvalue weighted by Crippen LogP contribution is 2.42. The molecule has 3 aliphatic rings. The molecule has 4 unspecified atom stereocenters. The van der Waals surface area contributed by atoms with Crippen molar-refractivity contribution in [1.82, 2.24) is 10.2 Å². The standard InChI is InChI=1S/C13H20N2O2/c1-3-8-6-10(8)15-7(2)12(16)14-11(13(15)17)9-4-5-9/h7-11H,3-6H2,1-2H3,(H,14,16). The first-order chi connectivity index (χ1) is 8.13. The van der Waals surface area contributed by atoms with Crippen molar-refractivity contribution in [2.75, 3.05) is 0 Å².